The first-order valence-electron chi connectivity index (χ1n) is 7.72. The Balaban J connectivity index is 2.20. The molecule has 0 aliphatic rings. The lowest BCUT2D eigenvalue weighted by Gasteiger charge is -2.24. The Hall–Kier alpha value is -2.77. The van der Waals surface area contributed by atoms with Crippen LogP contribution in [0.1, 0.15) is 26.3 Å². The largest absolute Gasteiger partial charge is 0.481 e. The van der Waals surface area contributed by atoms with Gasteiger partial charge in [-0.2, -0.15) is 4.80 Å². The summed E-state index contributed by atoms with van der Waals surface area (Å²) in [7, 11) is 1.58. The highest BCUT2D eigenvalue weighted by Crippen LogP contribution is 2.20. The molecule has 8 heteroatoms. The van der Waals surface area contributed by atoms with Crippen LogP contribution in [0.4, 0.5) is 0 Å². The molecular weight excluding hydrogens is 310 g/mol. The summed E-state index contributed by atoms with van der Waals surface area (Å²) in [5, 5.41) is 21.1. The van der Waals surface area contributed by atoms with Crippen molar-refractivity contribution in [2.45, 2.75) is 26.3 Å². The second-order valence-electron chi connectivity index (χ2n) is 5.89. The van der Waals surface area contributed by atoms with Crippen molar-refractivity contribution in [2.75, 3.05) is 13.6 Å². The van der Waals surface area contributed by atoms with Gasteiger partial charge in [-0.3, -0.25) is 9.59 Å². The van der Waals surface area contributed by atoms with Crippen molar-refractivity contribution >= 4 is 11.9 Å². The molecule has 0 aliphatic carbocycles. The Labute approximate surface area is 140 Å². The van der Waals surface area contributed by atoms with E-state index in [1.165, 1.54) is 9.70 Å². The van der Waals surface area contributed by atoms with Crippen LogP contribution < -0.4 is 0 Å². The fourth-order valence-electron chi connectivity index (χ4n) is 2.30. The van der Waals surface area contributed by atoms with Gasteiger partial charge in [0.1, 0.15) is 0 Å². The van der Waals surface area contributed by atoms with Crippen LogP contribution in [0.3, 0.4) is 0 Å². The number of likely N-dealkylation sites (N-methyl/N-ethyl adjacent to an activating group) is 1. The zero-order valence-corrected chi connectivity index (χ0v) is 14.0. The van der Waals surface area contributed by atoms with Crippen molar-refractivity contribution in [3.05, 3.63) is 30.3 Å². The van der Waals surface area contributed by atoms with Gasteiger partial charge in [-0.05, 0) is 11.1 Å². The summed E-state index contributed by atoms with van der Waals surface area (Å²) in [6.45, 7) is 3.91. The normalized spacial score (nSPS) is 12.2. The maximum absolute atomic E-state index is 12.6. The van der Waals surface area contributed by atoms with E-state index < -0.39 is 12.0 Å². The number of carboxylic acid groups (broad SMARTS) is 1. The summed E-state index contributed by atoms with van der Waals surface area (Å²) in [5.74, 6) is -0.797. The highest BCUT2D eigenvalue weighted by Gasteiger charge is 2.29. The number of benzene rings is 1. The van der Waals surface area contributed by atoms with E-state index in [0.717, 1.165) is 5.56 Å². The van der Waals surface area contributed by atoms with Crippen molar-refractivity contribution in [1.82, 2.24) is 25.1 Å². The summed E-state index contributed by atoms with van der Waals surface area (Å²) in [6, 6.07) is 8.75. The summed E-state index contributed by atoms with van der Waals surface area (Å²) < 4.78 is 0. The molecule has 1 aromatic carbocycles. The molecule has 1 unspecified atom stereocenters. The maximum atomic E-state index is 12.6. The van der Waals surface area contributed by atoms with E-state index in [1.807, 2.05) is 44.2 Å². The fraction of sp³-hybridized carbons (Fsp3) is 0.438. The highest BCUT2D eigenvalue weighted by atomic mass is 16.4. The molecule has 0 fully saturated rings. The lowest BCUT2D eigenvalue weighted by molar-refractivity contribution is -0.139. The predicted molar refractivity (Wildman–Crippen MR) is 87.0 cm³/mol. The number of aromatic nitrogens is 4. The van der Waals surface area contributed by atoms with E-state index in [-0.39, 0.29) is 24.8 Å². The standard InChI is InChI=1S/C16H21N5O3/c1-11(2)14(16(24)20(3)10-9-13(22)23)21-18-15(17-19-21)12-7-5-4-6-8-12/h4-8,11,14H,9-10H2,1-3H3,(H,22,23). The molecule has 0 bridgehead atoms. The third-order valence-corrected chi connectivity index (χ3v) is 3.63. The molecule has 1 heterocycles. The molecule has 0 saturated carbocycles. The Morgan fingerprint density at radius 1 is 1.25 bits per heavy atom. The first-order valence-corrected chi connectivity index (χ1v) is 7.72. The first-order chi connectivity index (χ1) is 11.4. The number of hydrogen-bond donors (Lipinski definition) is 1. The molecule has 8 nitrogen and oxygen atoms in total. The smallest absolute Gasteiger partial charge is 0.305 e. The van der Waals surface area contributed by atoms with Gasteiger partial charge >= 0.3 is 5.97 Å². The van der Waals surface area contributed by atoms with E-state index in [4.69, 9.17) is 5.11 Å². The van der Waals surface area contributed by atoms with Crippen LogP contribution >= 0.6 is 0 Å². The van der Waals surface area contributed by atoms with Crippen LogP contribution in [0, 0.1) is 5.92 Å². The Morgan fingerprint density at radius 3 is 2.50 bits per heavy atom. The monoisotopic (exact) mass is 331 g/mol. The molecule has 1 N–H and O–H groups in total. The number of rotatable bonds is 7. The molecule has 2 rings (SSSR count). The number of aliphatic carboxylic acids is 1. The second kappa shape index (κ2) is 7.67. The summed E-state index contributed by atoms with van der Waals surface area (Å²) in [5.41, 5.74) is 0.818. The molecule has 0 spiro atoms. The number of carboxylic acids is 1. The van der Waals surface area contributed by atoms with Crippen molar-refractivity contribution < 1.29 is 14.7 Å². The first kappa shape index (κ1) is 17.6. The zero-order chi connectivity index (χ0) is 17.7. The fourth-order valence-corrected chi connectivity index (χ4v) is 2.30. The van der Waals surface area contributed by atoms with Crippen LogP contribution in [0.2, 0.25) is 0 Å². The van der Waals surface area contributed by atoms with Crippen LogP contribution in [0.5, 0.6) is 0 Å². The van der Waals surface area contributed by atoms with E-state index in [1.54, 1.807) is 7.05 Å². The van der Waals surface area contributed by atoms with Gasteiger partial charge in [-0.15, -0.1) is 10.2 Å². The Bertz CT molecular complexity index is 699. The number of hydrogen-bond acceptors (Lipinski definition) is 5. The van der Waals surface area contributed by atoms with Crippen molar-refractivity contribution in [2.24, 2.45) is 5.92 Å². The summed E-state index contributed by atoms with van der Waals surface area (Å²) in [6.07, 6.45) is -0.104. The van der Waals surface area contributed by atoms with Crippen LogP contribution in [0.15, 0.2) is 30.3 Å². The molecule has 0 radical (unpaired) electrons. The van der Waals surface area contributed by atoms with E-state index in [0.29, 0.717) is 5.82 Å². The minimum Gasteiger partial charge on any atom is -0.481 e. The summed E-state index contributed by atoms with van der Waals surface area (Å²) in [4.78, 5) is 26.0. The van der Waals surface area contributed by atoms with Gasteiger partial charge in [0.25, 0.3) is 0 Å². The number of carbonyl (C=O) groups is 2. The number of amides is 1. The lowest BCUT2D eigenvalue weighted by atomic mass is 10.0. The third-order valence-electron chi connectivity index (χ3n) is 3.63. The Morgan fingerprint density at radius 2 is 1.92 bits per heavy atom. The number of carbonyl (C=O) groups excluding carboxylic acids is 1. The lowest BCUT2D eigenvalue weighted by Crippen LogP contribution is -2.39. The van der Waals surface area contributed by atoms with Crippen LogP contribution in [-0.4, -0.2) is 55.7 Å². The number of nitrogens with zero attached hydrogens (tertiary/aromatic N) is 5. The van der Waals surface area contributed by atoms with Crippen molar-refractivity contribution in [3.63, 3.8) is 0 Å². The minimum absolute atomic E-state index is 0.0670. The van der Waals surface area contributed by atoms with Crippen molar-refractivity contribution in [3.8, 4) is 11.4 Å². The molecule has 24 heavy (non-hydrogen) atoms. The quantitative estimate of drug-likeness (QED) is 0.824. The molecule has 2 aromatic rings. The molecule has 0 aliphatic heterocycles. The molecule has 0 saturated heterocycles. The highest BCUT2D eigenvalue weighted by molar-refractivity contribution is 5.80. The van der Waals surface area contributed by atoms with E-state index in [2.05, 4.69) is 15.4 Å². The molecule has 1 amide bonds. The zero-order valence-electron chi connectivity index (χ0n) is 14.0. The summed E-state index contributed by atoms with van der Waals surface area (Å²) >= 11 is 0. The van der Waals surface area contributed by atoms with Gasteiger partial charge in [0.2, 0.25) is 11.7 Å². The van der Waals surface area contributed by atoms with Gasteiger partial charge in [-0.25, -0.2) is 0 Å². The van der Waals surface area contributed by atoms with Gasteiger partial charge in [0, 0.05) is 19.2 Å². The van der Waals surface area contributed by atoms with Crippen LogP contribution in [0.25, 0.3) is 11.4 Å². The SMILES string of the molecule is CC(C)C(C(=O)N(C)CCC(=O)O)n1nnc(-c2ccccc2)n1. The molecule has 1 aromatic heterocycles. The third kappa shape index (κ3) is 4.15. The van der Waals surface area contributed by atoms with Gasteiger partial charge < -0.3 is 10.0 Å². The molecular formula is C16H21N5O3. The average molecular weight is 331 g/mol. The average Bonchev–Trinajstić information content (AvgIpc) is 3.02. The maximum Gasteiger partial charge on any atom is 0.305 e. The van der Waals surface area contributed by atoms with Crippen LogP contribution in [-0.2, 0) is 9.59 Å². The molecule has 128 valence electrons. The Kier molecular flexibility index (Phi) is 5.62. The van der Waals surface area contributed by atoms with Crippen molar-refractivity contribution in [1.29, 1.82) is 0 Å². The van der Waals surface area contributed by atoms with E-state index >= 15 is 0 Å². The number of tetrazole rings is 1. The van der Waals surface area contributed by atoms with Gasteiger partial charge in [0.15, 0.2) is 6.04 Å². The topological polar surface area (TPSA) is 101 Å². The predicted octanol–water partition coefficient (Wildman–Crippen LogP) is 1.47. The van der Waals surface area contributed by atoms with Gasteiger partial charge in [0.05, 0.1) is 6.42 Å². The van der Waals surface area contributed by atoms with E-state index in [9.17, 15) is 9.59 Å². The van der Waals surface area contributed by atoms with Gasteiger partial charge in [-0.1, -0.05) is 44.2 Å². The molecule has 1 atom stereocenters. The second-order valence-corrected chi connectivity index (χ2v) is 5.89. The minimum atomic E-state index is -0.944.